The quantitative estimate of drug-likeness (QED) is 0.810. The average Bonchev–Trinajstić information content (AvgIpc) is 2.22. The van der Waals surface area contributed by atoms with Gasteiger partial charge in [-0.3, -0.25) is 0 Å². The number of hydrogen-bond acceptors (Lipinski definition) is 3. The van der Waals surface area contributed by atoms with Gasteiger partial charge in [0.1, 0.15) is 5.82 Å². The third kappa shape index (κ3) is 3.66. The van der Waals surface area contributed by atoms with E-state index in [1.165, 1.54) is 0 Å². The summed E-state index contributed by atoms with van der Waals surface area (Å²) in [6.07, 6.45) is 1.60. The van der Waals surface area contributed by atoms with Crippen LogP contribution in [0.25, 0.3) is 0 Å². The van der Waals surface area contributed by atoms with Crippen molar-refractivity contribution >= 4 is 31.6 Å². The Labute approximate surface area is 115 Å². The zero-order valence-corrected chi connectivity index (χ0v) is 12.6. The number of nitrogens with two attached hydrogens (primary N) is 1. The zero-order valence-electron chi connectivity index (χ0n) is 10.2. The van der Waals surface area contributed by atoms with Crippen LogP contribution in [0.4, 0.5) is 10.1 Å². The van der Waals surface area contributed by atoms with Gasteiger partial charge in [-0.1, -0.05) is 13.3 Å². The normalized spacial score (nSPS) is 13.6. The van der Waals surface area contributed by atoms with Crippen LogP contribution in [0.5, 0.6) is 0 Å². The Morgan fingerprint density at radius 2 is 2.11 bits per heavy atom. The Morgan fingerprint density at radius 1 is 1.50 bits per heavy atom. The molecule has 0 amide bonds. The summed E-state index contributed by atoms with van der Waals surface area (Å²) in [5.41, 5.74) is 5.19. The van der Waals surface area contributed by atoms with E-state index in [9.17, 15) is 12.8 Å². The highest BCUT2D eigenvalue weighted by Gasteiger charge is 2.21. The number of rotatable bonds is 5. The molecular weight excluding hydrogens is 323 g/mol. The smallest absolute Gasteiger partial charge is 0.242 e. The molecule has 0 radical (unpaired) electrons. The molecular formula is C11H16BrFN2O2S. The van der Waals surface area contributed by atoms with E-state index in [1.807, 2.05) is 6.92 Å². The van der Waals surface area contributed by atoms with Crippen LogP contribution in [0.3, 0.4) is 0 Å². The molecule has 0 bridgehead atoms. The van der Waals surface area contributed by atoms with E-state index in [1.54, 1.807) is 6.92 Å². The van der Waals surface area contributed by atoms with E-state index < -0.39 is 15.8 Å². The fraction of sp³-hybridized carbons (Fsp3) is 0.455. The lowest BCUT2D eigenvalue weighted by Crippen LogP contribution is -2.32. The lowest BCUT2D eigenvalue weighted by atomic mass is 10.2. The van der Waals surface area contributed by atoms with Crippen LogP contribution in [-0.2, 0) is 10.0 Å². The first-order valence-electron chi connectivity index (χ1n) is 5.54. The monoisotopic (exact) mass is 338 g/mol. The second-order valence-electron chi connectivity index (χ2n) is 4.12. The van der Waals surface area contributed by atoms with E-state index >= 15 is 0 Å². The van der Waals surface area contributed by atoms with Gasteiger partial charge in [0.25, 0.3) is 0 Å². The van der Waals surface area contributed by atoms with Crippen LogP contribution in [0.2, 0.25) is 0 Å². The average molecular weight is 339 g/mol. The predicted octanol–water partition coefficient (Wildman–Crippen LogP) is 2.64. The van der Waals surface area contributed by atoms with Crippen LogP contribution >= 0.6 is 15.9 Å². The molecule has 18 heavy (non-hydrogen) atoms. The van der Waals surface area contributed by atoms with Gasteiger partial charge in [-0.2, -0.15) is 0 Å². The maximum atomic E-state index is 13.2. The number of nitrogens with one attached hydrogen (secondary N) is 1. The van der Waals surface area contributed by atoms with Crippen LogP contribution in [0, 0.1) is 5.82 Å². The molecule has 0 aliphatic carbocycles. The standard InChI is InChI=1S/C11H16BrFN2O2S/c1-3-4-7(2)15-18(16,17)11-6-10(14)9(13)5-8(11)12/h5-7,15H,3-4,14H2,1-2H3. The van der Waals surface area contributed by atoms with Gasteiger partial charge in [0.05, 0.1) is 10.6 Å². The van der Waals surface area contributed by atoms with Crippen molar-refractivity contribution < 1.29 is 12.8 Å². The van der Waals surface area contributed by atoms with Crippen LogP contribution in [0.1, 0.15) is 26.7 Å². The summed E-state index contributed by atoms with van der Waals surface area (Å²) >= 11 is 3.03. The number of nitrogen functional groups attached to an aromatic ring is 1. The molecule has 7 heteroatoms. The minimum atomic E-state index is -3.70. The zero-order chi connectivity index (χ0) is 13.9. The lowest BCUT2D eigenvalue weighted by Gasteiger charge is -2.14. The number of sulfonamides is 1. The first kappa shape index (κ1) is 15.4. The van der Waals surface area contributed by atoms with Crippen molar-refractivity contribution in [3.05, 3.63) is 22.4 Å². The minimum Gasteiger partial charge on any atom is -0.396 e. The van der Waals surface area contributed by atoms with E-state index in [0.29, 0.717) is 0 Å². The molecule has 1 rings (SSSR count). The molecule has 0 fully saturated rings. The van der Waals surface area contributed by atoms with Gasteiger partial charge < -0.3 is 5.73 Å². The minimum absolute atomic E-state index is 0.0515. The van der Waals surface area contributed by atoms with Gasteiger partial charge in [-0.15, -0.1) is 0 Å². The number of benzene rings is 1. The van der Waals surface area contributed by atoms with Crippen LogP contribution in [-0.4, -0.2) is 14.5 Å². The molecule has 1 atom stereocenters. The summed E-state index contributed by atoms with van der Waals surface area (Å²) in [4.78, 5) is -0.0515. The van der Waals surface area contributed by atoms with E-state index in [-0.39, 0.29) is 21.1 Å². The first-order valence-corrected chi connectivity index (χ1v) is 7.82. The summed E-state index contributed by atoms with van der Waals surface area (Å²) in [5.74, 6) is -0.651. The number of anilines is 1. The van der Waals surface area contributed by atoms with Gasteiger partial charge in [-0.25, -0.2) is 17.5 Å². The maximum absolute atomic E-state index is 13.2. The number of hydrogen-bond donors (Lipinski definition) is 2. The van der Waals surface area contributed by atoms with Gasteiger partial charge >= 0.3 is 0 Å². The van der Waals surface area contributed by atoms with Crippen molar-refractivity contribution in [3.63, 3.8) is 0 Å². The molecule has 1 aromatic rings. The Kier molecular flexibility index (Phi) is 5.12. The SMILES string of the molecule is CCCC(C)NS(=O)(=O)c1cc(N)c(F)cc1Br. The maximum Gasteiger partial charge on any atom is 0.242 e. The van der Waals surface area contributed by atoms with Gasteiger partial charge in [-0.05, 0) is 41.4 Å². The molecule has 0 aliphatic heterocycles. The van der Waals surface area contributed by atoms with Crippen molar-refractivity contribution in [3.8, 4) is 0 Å². The van der Waals surface area contributed by atoms with E-state index in [4.69, 9.17) is 5.73 Å². The summed E-state index contributed by atoms with van der Waals surface area (Å²) in [7, 11) is -3.70. The Hall–Kier alpha value is -0.660. The van der Waals surface area contributed by atoms with Crippen LogP contribution < -0.4 is 10.5 Å². The molecule has 4 nitrogen and oxygen atoms in total. The highest BCUT2D eigenvalue weighted by atomic mass is 79.9. The van der Waals surface area contributed by atoms with Crippen molar-refractivity contribution in [2.45, 2.75) is 37.6 Å². The molecule has 0 saturated carbocycles. The van der Waals surface area contributed by atoms with E-state index in [0.717, 1.165) is 25.0 Å². The summed E-state index contributed by atoms with van der Waals surface area (Å²) in [6, 6.07) is 1.98. The molecule has 102 valence electrons. The second kappa shape index (κ2) is 5.99. The predicted molar refractivity (Wildman–Crippen MR) is 73.2 cm³/mol. The van der Waals surface area contributed by atoms with Gasteiger partial charge in [0.15, 0.2) is 0 Å². The first-order chi connectivity index (χ1) is 8.27. The Morgan fingerprint density at radius 3 is 2.67 bits per heavy atom. The van der Waals surface area contributed by atoms with Gasteiger partial charge in [0, 0.05) is 10.5 Å². The fourth-order valence-corrected chi connectivity index (χ4v) is 3.90. The third-order valence-electron chi connectivity index (χ3n) is 2.42. The summed E-state index contributed by atoms with van der Waals surface area (Å²) in [6.45, 7) is 3.75. The second-order valence-corrected chi connectivity index (χ2v) is 6.65. The van der Waals surface area contributed by atoms with Crippen LogP contribution in [0.15, 0.2) is 21.5 Å². The van der Waals surface area contributed by atoms with Crippen molar-refractivity contribution in [1.29, 1.82) is 0 Å². The topological polar surface area (TPSA) is 72.2 Å². The molecule has 0 aromatic heterocycles. The van der Waals surface area contributed by atoms with E-state index in [2.05, 4.69) is 20.7 Å². The number of halogens is 2. The summed E-state index contributed by atoms with van der Waals surface area (Å²) < 4.78 is 40.0. The molecule has 1 aromatic carbocycles. The van der Waals surface area contributed by atoms with Gasteiger partial charge in [0.2, 0.25) is 10.0 Å². The van der Waals surface area contributed by atoms with Crippen molar-refractivity contribution in [2.24, 2.45) is 0 Å². The molecule has 3 N–H and O–H groups in total. The molecule has 0 spiro atoms. The molecule has 0 aliphatic rings. The lowest BCUT2D eigenvalue weighted by molar-refractivity contribution is 0.543. The molecule has 0 saturated heterocycles. The highest BCUT2D eigenvalue weighted by Crippen LogP contribution is 2.26. The Bertz CT molecular complexity index is 534. The molecule has 1 unspecified atom stereocenters. The fourth-order valence-electron chi connectivity index (χ4n) is 1.57. The van der Waals surface area contributed by atoms with Crippen molar-refractivity contribution in [2.75, 3.05) is 5.73 Å². The largest absolute Gasteiger partial charge is 0.396 e. The highest BCUT2D eigenvalue weighted by molar-refractivity contribution is 9.10. The Balaban J connectivity index is 3.09. The third-order valence-corrected chi connectivity index (χ3v) is 4.97. The molecule has 0 heterocycles. The summed E-state index contributed by atoms with van der Waals surface area (Å²) in [5, 5.41) is 0. The van der Waals surface area contributed by atoms with Crippen molar-refractivity contribution in [1.82, 2.24) is 4.72 Å².